The summed E-state index contributed by atoms with van der Waals surface area (Å²) in [5.74, 6) is 2.03. The van der Waals surface area contributed by atoms with E-state index >= 15 is 0 Å². The van der Waals surface area contributed by atoms with Crippen molar-refractivity contribution < 1.29 is 14.3 Å². The van der Waals surface area contributed by atoms with Gasteiger partial charge in [0.15, 0.2) is 5.75 Å². The lowest BCUT2D eigenvalue weighted by atomic mass is 10.2. The number of nitrogens with one attached hydrogen (secondary N) is 1. The number of carbonyl (C=O) groups excluding carboxylic acids is 1. The number of fused-ring (bicyclic) bond motifs is 2. The van der Waals surface area contributed by atoms with Crippen LogP contribution in [0.4, 0.5) is 5.69 Å². The quantitative estimate of drug-likeness (QED) is 0.696. The minimum Gasteiger partial charge on any atom is -0.454 e. The van der Waals surface area contributed by atoms with E-state index in [9.17, 15) is 4.79 Å². The molecular formula is C16H13NO3S. The van der Waals surface area contributed by atoms with Crippen molar-refractivity contribution in [3.8, 4) is 11.5 Å². The van der Waals surface area contributed by atoms with Gasteiger partial charge in [0.2, 0.25) is 0 Å². The zero-order valence-corrected chi connectivity index (χ0v) is 12.0. The van der Waals surface area contributed by atoms with Crippen molar-refractivity contribution in [2.45, 2.75) is 11.0 Å². The highest BCUT2D eigenvalue weighted by Gasteiger charge is 2.24. The first-order chi connectivity index (χ1) is 10.3. The van der Waals surface area contributed by atoms with Crippen LogP contribution in [0.3, 0.4) is 0 Å². The maximum atomic E-state index is 12.3. The van der Waals surface area contributed by atoms with Gasteiger partial charge in [-0.15, -0.1) is 11.8 Å². The molecule has 2 aromatic rings. The van der Waals surface area contributed by atoms with Crippen molar-refractivity contribution in [3.63, 3.8) is 0 Å². The smallest absolute Gasteiger partial charge is 0.259 e. The highest BCUT2D eigenvalue weighted by atomic mass is 32.2. The van der Waals surface area contributed by atoms with Crippen LogP contribution in [0.25, 0.3) is 0 Å². The van der Waals surface area contributed by atoms with Crippen LogP contribution in [0, 0.1) is 0 Å². The van der Waals surface area contributed by atoms with Crippen molar-refractivity contribution in [2.24, 2.45) is 0 Å². The van der Waals surface area contributed by atoms with Crippen molar-refractivity contribution in [3.05, 3.63) is 48.0 Å². The molecule has 2 heterocycles. The summed E-state index contributed by atoms with van der Waals surface area (Å²) in [6, 6.07) is 13.1. The third-order valence-corrected chi connectivity index (χ3v) is 4.51. The molecule has 0 aromatic heterocycles. The second-order valence-corrected chi connectivity index (χ2v) is 6.07. The Bertz CT molecular complexity index is 712. The van der Waals surface area contributed by atoms with Crippen molar-refractivity contribution >= 4 is 23.4 Å². The Morgan fingerprint density at radius 2 is 2.05 bits per heavy atom. The molecule has 0 saturated carbocycles. The maximum Gasteiger partial charge on any atom is 0.259 e. The molecule has 1 unspecified atom stereocenters. The normalized spacial score (nSPS) is 18.9. The number of hydrogen-bond acceptors (Lipinski definition) is 4. The number of epoxide rings is 1. The monoisotopic (exact) mass is 299 g/mol. The summed E-state index contributed by atoms with van der Waals surface area (Å²) in [5.41, 5.74) is 1.26. The van der Waals surface area contributed by atoms with Gasteiger partial charge in [-0.3, -0.25) is 4.79 Å². The molecule has 106 valence electrons. The molecule has 0 spiro atoms. The van der Waals surface area contributed by atoms with Gasteiger partial charge in [0.05, 0.1) is 24.0 Å². The number of anilines is 1. The summed E-state index contributed by atoms with van der Waals surface area (Å²) in [6.07, 6.45) is 0.364. The largest absolute Gasteiger partial charge is 0.454 e. The van der Waals surface area contributed by atoms with E-state index in [2.05, 4.69) is 5.32 Å². The molecule has 0 aliphatic carbocycles. The number of rotatable bonds is 3. The van der Waals surface area contributed by atoms with E-state index in [1.165, 1.54) is 0 Å². The fraction of sp³-hybridized carbons (Fsp3) is 0.188. The minimum absolute atomic E-state index is 0.139. The first kappa shape index (κ1) is 12.7. The molecule has 1 saturated heterocycles. The lowest BCUT2D eigenvalue weighted by molar-refractivity contribution is 0.102. The van der Waals surface area contributed by atoms with Crippen LogP contribution in [-0.2, 0) is 4.74 Å². The molecule has 4 rings (SSSR count). The molecule has 1 N–H and O–H groups in total. The van der Waals surface area contributed by atoms with E-state index in [0.717, 1.165) is 17.3 Å². The average molecular weight is 299 g/mol. The topological polar surface area (TPSA) is 50.9 Å². The van der Waals surface area contributed by atoms with Crippen molar-refractivity contribution in [1.29, 1.82) is 0 Å². The average Bonchev–Trinajstić information content (AvgIpc) is 3.32. The van der Waals surface area contributed by atoms with E-state index in [1.54, 1.807) is 11.8 Å². The molecule has 1 fully saturated rings. The molecule has 2 aromatic carbocycles. The van der Waals surface area contributed by atoms with Gasteiger partial charge in [0.25, 0.3) is 5.91 Å². The van der Waals surface area contributed by atoms with Crippen LogP contribution in [0.2, 0.25) is 0 Å². The number of para-hydroxylation sites is 2. The van der Waals surface area contributed by atoms with Crippen LogP contribution in [0.15, 0.2) is 47.4 Å². The Kier molecular flexibility index (Phi) is 3.09. The highest BCUT2D eigenvalue weighted by molar-refractivity contribution is 7.99. The number of hydrogen-bond donors (Lipinski definition) is 1. The van der Waals surface area contributed by atoms with Crippen LogP contribution in [-0.4, -0.2) is 24.4 Å². The maximum absolute atomic E-state index is 12.3. The van der Waals surface area contributed by atoms with Crippen LogP contribution in [0.1, 0.15) is 10.4 Å². The second kappa shape index (κ2) is 5.09. The summed E-state index contributed by atoms with van der Waals surface area (Å²) < 4.78 is 11.0. The first-order valence-corrected chi connectivity index (χ1v) is 7.75. The molecular weight excluding hydrogens is 286 g/mol. The summed E-state index contributed by atoms with van der Waals surface area (Å²) in [4.78, 5) is 13.4. The Morgan fingerprint density at radius 3 is 2.90 bits per heavy atom. The van der Waals surface area contributed by atoms with Gasteiger partial charge in [-0.1, -0.05) is 12.1 Å². The standard InChI is InChI=1S/C16H13NO3S/c18-16-12-7-11(21-9-10-8-19-10)5-6-14(12)20-15-4-2-1-3-13(15)17-16/h1-7,10H,8-9H2,(H,17,18). The van der Waals surface area contributed by atoms with E-state index in [0.29, 0.717) is 28.9 Å². The van der Waals surface area contributed by atoms with Crippen LogP contribution in [0.5, 0.6) is 11.5 Å². The second-order valence-electron chi connectivity index (χ2n) is 4.98. The zero-order chi connectivity index (χ0) is 14.2. The minimum atomic E-state index is -0.139. The summed E-state index contributed by atoms with van der Waals surface area (Å²) in [5, 5.41) is 2.89. The fourth-order valence-corrected chi connectivity index (χ4v) is 3.12. The van der Waals surface area contributed by atoms with Gasteiger partial charge in [-0.2, -0.15) is 0 Å². The SMILES string of the molecule is O=C1Nc2ccccc2Oc2ccc(SCC3CO3)cc21. The van der Waals surface area contributed by atoms with Gasteiger partial charge < -0.3 is 14.8 Å². The van der Waals surface area contributed by atoms with Crippen molar-refractivity contribution in [2.75, 3.05) is 17.7 Å². The number of carbonyl (C=O) groups is 1. The fourth-order valence-electron chi connectivity index (χ4n) is 2.19. The van der Waals surface area contributed by atoms with Gasteiger partial charge in [0, 0.05) is 10.6 Å². The van der Waals surface area contributed by atoms with Gasteiger partial charge in [-0.25, -0.2) is 0 Å². The van der Waals surface area contributed by atoms with E-state index in [1.807, 2.05) is 42.5 Å². The predicted octanol–water partition coefficient (Wildman–Crippen LogP) is 3.54. The third-order valence-electron chi connectivity index (χ3n) is 3.39. The van der Waals surface area contributed by atoms with Gasteiger partial charge in [-0.05, 0) is 30.3 Å². The van der Waals surface area contributed by atoms with Crippen LogP contribution >= 0.6 is 11.8 Å². The summed E-state index contributed by atoms with van der Waals surface area (Å²) >= 11 is 1.70. The van der Waals surface area contributed by atoms with Gasteiger partial charge >= 0.3 is 0 Å². The molecule has 0 bridgehead atoms. The Balaban J connectivity index is 1.65. The summed E-state index contributed by atoms with van der Waals surface area (Å²) in [7, 11) is 0. The Labute approximate surface area is 126 Å². The van der Waals surface area contributed by atoms with Crippen molar-refractivity contribution in [1.82, 2.24) is 0 Å². The van der Waals surface area contributed by atoms with Crippen LogP contribution < -0.4 is 10.1 Å². The Hall–Kier alpha value is -1.98. The zero-order valence-electron chi connectivity index (χ0n) is 11.2. The predicted molar refractivity (Wildman–Crippen MR) is 81.4 cm³/mol. The number of ether oxygens (including phenoxy) is 2. The molecule has 21 heavy (non-hydrogen) atoms. The molecule has 1 atom stereocenters. The third kappa shape index (κ3) is 2.62. The van der Waals surface area contributed by atoms with Gasteiger partial charge in [0.1, 0.15) is 5.75 Å². The van der Waals surface area contributed by atoms with E-state index < -0.39 is 0 Å². The number of benzene rings is 2. The first-order valence-electron chi connectivity index (χ1n) is 6.76. The van der Waals surface area contributed by atoms with E-state index in [-0.39, 0.29) is 5.91 Å². The summed E-state index contributed by atoms with van der Waals surface area (Å²) in [6.45, 7) is 0.844. The molecule has 4 nitrogen and oxygen atoms in total. The highest BCUT2D eigenvalue weighted by Crippen LogP contribution is 2.37. The molecule has 1 amide bonds. The number of amides is 1. The molecule has 2 aliphatic rings. The lowest BCUT2D eigenvalue weighted by Gasteiger charge is -2.08. The molecule has 0 radical (unpaired) electrons. The van der Waals surface area contributed by atoms with E-state index in [4.69, 9.17) is 9.47 Å². The number of thioether (sulfide) groups is 1. The Morgan fingerprint density at radius 1 is 1.19 bits per heavy atom. The molecule has 2 aliphatic heterocycles. The molecule has 5 heteroatoms. The lowest BCUT2D eigenvalue weighted by Crippen LogP contribution is -2.10.